The third kappa shape index (κ3) is 3.42. The van der Waals surface area contributed by atoms with Crippen LogP contribution in [-0.4, -0.2) is 12.5 Å². The number of hydrogen-bond donors (Lipinski definition) is 2. The molecule has 0 aliphatic carbocycles. The van der Waals surface area contributed by atoms with E-state index in [2.05, 4.69) is 5.32 Å². The second-order valence-corrected chi connectivity index (χ2v) is 4.66. The molecule has 0 heterocycles. The van der Waals surface area contributed by atoms with Crippen molar-refractivity contribution in [3.05, 3.63) is 65.0 Å². The smallest absolute Gasteiger partial charge is 0.255 e. The van der Waals surface area contributed by atoms with Gasteiger partial charge in [-0.15, -0.1) is 0 Å². The van der Waals surface area contributed by atoms with E-state index in [1.165, 1.54) is 6.07 Å². The molecule has 0 radical (unpaired) electrons. The van der Waals surface area contributed by atoms with Crippen molar-refractivity contribution in [2.24, 2.45) is 5.73 Å². The highest BCUT2D eigenvalue weighted by molar-refractivity contribution is 6.04. The molecule has 0 unspecified atom stereocenters. The first-order chi connectivity index (χ1) is 9.60. The van der Waals surface area contributed by atoms with Crippen molar-refractivity contribution in [1.29, 1.82) is 0 Å². The number of carbonyl (C=O) groups is 1. The Morgan fingerprint density at radius 3 is 2.75 bits per heavy atom. The highest BCUT2D eigenvalue weighted by Gasteiger charge is 2.07. The van der Waals surface area contributed by atoms with Crippen molar-refractivity contribution in [1.82, 2.24) is 0 Å². The monoisotopic (exact) mass is 272 g/mol. The van der Waals surface area contributed by atoms with Crippen LogP contribution in [0.2, 0.25) is 0 Å². The topological polar surface area (TPSA) is 55.1 Å². The lowest BCUT2D eigenvalue weighted by Gasteiger charge is -2.08. The van der Waals surface area contributed by atoms with Crippen LogP contribution in [-0.2, 0) is 6.42 Å². The number of nitrogens with one attached hydrogen (secondary N) is 1. The van der Waals surface area contributed by atoms with E-state index in [0.717, 1.165) is 12.0 Å². The van der Waals surface area contributed by atoms with Crippen molar-refractivity contribution in [2.75, 3.05) is 11.9 Å². The van der Waals surface area contributed by atoms with Gasteiger partial charge in [0.15, 0.2) is 0 Å². The normalized spacial score (nSPS) is 10.3. The first-order valence-corrected chi connectivity index (χ1v) is 6.46. The zero-order valence-corrected chi connectivity index (χ0v) is 11.3. The number of carbonyl (C=O) groups excluding carboxylic acids is 1. The van der Waals surface area contributed by atoms with E-state index < -0.39 is 0 Å². The summed E-state index contributed by atoms with van der Waals surface area (Å²) in [6, 6.07) is 11.8. The molecule has 3 N–H and O–H groups in total. The Balaban J connectivity index is 2.15. The lowest BCUT2D eigenvalue weighted by Crippen LogP contribution is -2.13. The molecule has 0 aromatic heterocycles. The average molecular weight is 272 g/mol. The third-order valence-corrected chi connectivity index (χ3v) is 3.04. The van der Waals surface area contributed by atoms with E-state index >= 15 is 0 Å². The second-order valence-electron chi connectivity index (χ2n) is 4.66. The van der Waals surface area contributed by atoms with Gasteiger partial charge in [-0.1, -0.05) is 12.1 Å². The summed E-state index contributed by atoms with van der Waals surface area (Å²) < 4.78 is 13.2. The van der Waals surface area contributed by atoms with Crippen LogP contribution in [0.3, 0.4) is 0 Å². The van der Waals surface area contributed by atoms with Gasteiger partial charge in [0, 0.05) is 11.3 Å². The molecule has 0 aliphatic heterocycles. The Hall–Kier alpha value is -2.20. The average Bonchev–Trinajstić information content (AvgIpc) is 2.43. The molecule has 0 saturated carbocycles. The van der Waals surface area contributed by atoms with E-state index in [1.807, 2.05) is 18.2 Å². The molecule has 4 heteroatoms. The first kappa shape index (κ1) is 14.2. The Bertz CT molecular complexity index is 626. The molecule has 1 amide bonds. The van der Waals surface area contributed by atoms with Gasteiger partial charge in [-0.05, 0) is 61.3 Å². The van der Waals surface area contributed by atoms with Crippen LogP contribution in [0.15, 0.2) is 42.5 Å². The molecular weight excluding hydrogens is 255 g/mol. The molecule has 20 heavy (non-hydrogen) atoms. The summed E-state index contributed by atoms with van der Waals surface area (Å²) in [5.74, 6) is -0.497. The number of aryl methyl sites for hydroxylation is 1. The number of halogens is 1. The predicted molar refractivity (Wildman–Crippen MR) is 78.3 cm³/mol. The number of benzene rings is 2. The van der Waals surface area contributed by atoms with E-state index in [9.17, 15) is 9.18 Å². The minimum atomic E-state index is -0.284. The fourth-order valence-corrected chi connectivity index (χ4v) is 1.96. The summed E-state index contributed by atoms with van der Waals surface area (Å²) >= 11 is 0. The molecule has 104 valence electrons. The molecule has 0 saturated heterocycles. The Labute approximate surface area is 117 Å². The molecule has 0 bridgehead atoms. The van der Waals surface area contributed by atoms with Crippen molar-refractivity contribution in [3.8, 4) is 0 Å². The van der Waals surface area contributed by atoms with Gasteiger partial charge in [0.25, 0.3) is 5.91 Å². The fourth-order valence-electron chi connectivity index (χ4n) is 1.96. The predicted octanol–water partition coefficient (Wildman–Crippen LogP) is 2.89. The van der Waals surface area contributed by atoms with E-state index in [-0.39, 0.29) is 11.7 Å². The maximum absolute atomic E-state index is 13.2. The number of nitrogens with two attached hydrogens (primary N) is 1. The Kier molecular flexibility index (Phi) is 4.48. The Morgan fingerprint density at radius 1 is 1.25 bits per heavy atom. The summed E-state index contributed by atoms with van der Waals surface area (Å²) in [5.41, 5.74) is 8.18. The standard InChI is InChI=1S/C16H17FN2O/c1-11-9-14(5-6-15(11)17)19-16(20)13-4-2-3-12(10-13)7-8-18/h2-6,9-10H,7-8,18H2,1H3,(H,19,20). The van der Waals surface area contributed by atoms with Crippen LogP contribution in [0.1, 0.15) is 21.5 Å². The molecule has 2 aromatic rings. The Morgan fingerprint density at radius 2 is 2.05 bits per heavy atom. The molecule has 2 aromatic carbocycles. The molecule has 3 nitrogen and oxygen atoms in total. The van der Waals surface area contributed by atoms with Gasteiger partial charge in [-0.2, -0.15) is 0 Å². The van der Waals surface area contributed by atoms with Crippen LogP contribution in [0.5, 0.6) is 0 Å². The molecule has 0 fully saturated rings. The highest BCUT2D eigenvalue weighted by Crippen LogP contribution is 2.15. The van der Waals surface area contributed by atoms with E-state index in [1.54, 1.807) is 25.1 Å². The lowest BCUT2D eigenvalue weighted by molar-refractivity contribution is 0.102. The number of amides is 1. The number of rotatable bonds is 4. The zero-order valence-electron chi connectivity index (χ0n) is 11.3. The van der Waals surface area contributed by atoms with Gasteiger partial charge in [0.05, 0.1) is 0 Å². The van der Waals surface area contributed by atoms with Crippen LogP contribution in [0.25, 0.3) is 0 Å². The van der Waals surface area contributed by atoms with Gasteiger partial charge in [-0.3, -0.25) is 4.79 Å². The first-order valence-electron chi connectivity index (χ1n) is 6.46. The molecule has 2 rings (SSSR count). The SMILES string of the molecule is Cc1cc(NC(=O)c2cccc(CCN)c2)ccc1F. The van der Waals surface area contributed by atoms with Gasteiger partial charge in [0.2, 0.25) is 0 Å². The largest absolute Gasteiger partial charge is 0.330 e. The number of hydrogen-bond acceptors (Lipinski definition) is 2. The third-order valence-electron chi connectivity index (χ3n) is 3.04. The molecule has 0 spiro atoms. The van der Waals surface area contributed by atoms with E-state index in [0.29, 0.717) is 23.4 Å². The minimum absolute atomic E-state index is 0.213. The zero-order chi connectivity index (χ0) is 14.5. The van der Waals surface area contributed by atoms with Crippen molar-refractivity contribution >= 4 is 11.6 Å². The van der Waals surface area contributed by atoms with Crippen molar-refractivity contribution in [2.45, 2.75) is 13.3 Å². The van der Waals surface area contributed by atoms with Gasteiger partial charge in [0.1, 0.15) is 5.82 Å². The van der Waals surface area contributed by atoms with Gasteiger partial charge < -0.3 is 11.1 Å². The molecule has 0 aliphatic rings. The maximum Gasteiger partial charge on any atom is 0.255 e. The van der Waals surface area contributed by atoms with Crippen molar-refractivity contribution < 1.29 is 9.18 Å². The molecular formula is C16H17FN2O. The van der Waals surface area contributed by atoms with Gasteiger partial charge in [-0.25, -0.2) is 4.39 Å². The summed E-state index contributed by atoms with van der Waals surface area (Å²) in [6.45, 7) is 2.20. The van der Waals surface area contributed by atoms with Crippen LogP contribution in [0, 0.1) is 12.7 Å². The molecule has 0 atom stereocenters. The quantitative estimate of drug-likeness (QED) is 0.899. The summed E-state index contributed by atoms with van der Waals surface area (Å²) in [4.78, 5) is 12.1. The van der Waals surface area contributed by atoms with E-state index in [4.69, 9.17) is 5.73 Å². The van der Waals surface area contributed by atoms with Crippen LogP contribution >= 0.6 is 0 Å². The number of anilines is 1. The van der Waals surface area contributed by atoms with Crippen LogP contribution < -0.4 is 11.1 Å². The van der Waals surface area contributed by atoms with Gasteiger partial charge >= 0.3 is 0 Å². The van der Waals surface area contributed by atoms with Crippen LogP contribution in [0.4, 0.5) is 10.1 Å². The summed E-state index contributed by atoms with van der Waals surface area (Å²) in [5, 5.41) is 2.76. The summed E-state index contributed by atoms with van der Waals surface area (Å²) in [7, 11) is 0. The minimum Gasteiger partial charge on any atom is -0.330 e. The summed E-state index contributed by atoms with van der Waals surface area (Å²) in [6.07, 6.45) is 0.733. The highest BCUT2D eigenvalue weighted by atomic mass is 19.1. The second kappa shape index (κ2) is 6.30. The fraction of sp³-hybridized carbons (Fsp3) is 0.188. The van der Waals surface area contributed by atoms with Crippen molar-refractivity contribution in [3.63, 3.8) is 0 Å². The maximum atomic E-state index is 13.2. The lowest BCUT2D eigenvalue weighted by atomic mass is 10.1.